The lowest BCUT2D eigenvalue weighted by molar-refractivity contribution is 0.437. The summed E-state index contributed by atoms with van der Waals surface area (Å²) in [6, 6.07) is 5.57. The zero-order valence-corrected chi connectivity index (χ0v) is 10.6. The molecule has 0 aliphatic rings. The van der Waals surface area contributed by atoms with Crippen LogP contribution in [0, 0.1) is 11.2 Å². The van der Waals surface area contributed by atoms with E-state index in [1.807, 2.05) is 0 Å². The van der Waals surface area contributed by atoms with E-state index in [9.17, 15) is 4.39 Å². The van der Waals surface area contributed by atoms with Crippen molar-refractivity contribution < 1.29 is 9.13 Å². The third-order valence-electron chi connectivity index (χ3n) is 1.95. The summed E-state index contributed by atoms with van der Waals surface area (Å²) in [5.41, 5.74) is 5.54. The van der Waals surface area contributed by atoms with Crippen LogP contribution in [-0.4, -0.2) is 15.8 Å². The van der Waals surface area contributed by atoms with Gasteiger partial charge in [0, 0.05) is 16.7 Å². The largest absolute Gasteiger partial charge is 0.424 e. The molecule has 0 aliphatic heterocycles. The summed E-state index contributed by atoms with van der Waals surface area (Å²) in [5, 5.41) is 7.24. The smallest absolute Gasteiger partial charge is 0.322 e. The first-order chi connectivity index (χ1) is 8.54. The van der Waals surface area contributed by atoms with Crippen molar-refractivity contribution in [3.63, 3.8) is 0 Å². The van der Waals surface area contributed by atoms with Crippen LogP contribution in [0.2, 0.25) is 0 Å². The van der Waals surface area contributed by atoms with Gasteiger partial charge in [-0.1, -0.05) is 15.9 Å². The number of halogens is 2. The molecule has 0 bridgehead atoms. The van der Waals surface area contributed by atoms with Crippen molar-refractivity contribution in [2.45, 2.75) is 0 Å². The lowest BCUT2D eigenvalue weighted by Crippen LogP contribution is -2.13. The molecule has 0 atom stereocenters. The van der Waals surface area contributed by atoms with Gasteiger partial charge >= 0.3 is 6.01 Å². The van der Waals surface area contributed by atoms with Crippen molar-refractivity contribution in [3.8, 4) is 11.8 Å². The second kappa shape index (κ2) is 5.09. The molecule has 0 saturated heterocycles. The average Bonchev–Trinajstić information content (AvgIpc) is 2.27. The Morgan fingerprint density at radius 1 is 1.39 bits per heavy atom. The molecule has 7 heteroatoms. The Hall–Kier alpha value is -2.02. The highest BCUT2D eigenvalue weighted by molar-refractivity contribution is 9.10. The van der Waals surface area contributed by atoms with Crippen molar-refractivity contribution in [1.29, 1.82) is 5.41 Å². The molecule has 5 nitrogen and oxygen atoms in total. The summed E-state index contributed by atoms with van der Waals surface area (Å²) >= 11 is 3.15. The van der Waals surface area contributed by atoms with Gasteiger partial charge in [0.05, 0.1) is 0 Å². The lowest BCUT2D eigenvalue weighted by atomic mass is 10.3. The fourth-order valence-electron chi connectivity index (χ4n) is 1.23. The summed E-state index contributed by atoms with van der Waals surface area (Å²) in [4.78, 5) is 7.76. The van der Waals surface area contributed by atoms with E-state index < -0.39 is 5.82 Å². The van der Waals surface area contributed by atoms with Gasteiger partial charge in [0.2, 0.25) is 0 Å². The molecule has 1 aromatic carbocycles. The van der Waals surface area contributed by atoms with Crippen LogP contribution in [0.25, 0.3) is 0 Å². The number of rotatable bonds is 3. The number of nitrogen functional groups attached to an aromatic ring is 1. The van der Waals surface area contributed by atoms with Crippen molar-refractivity contribution in [1.82, 2.24) is 9.97 Å². The zero-order chi connectivity index (χ0) is 13.1. The maximum Gasteiger partial charge on any atom is 0.322 e. The van der Waals surface area contributed by atoms with Gasteiger partial charge < -0.3 is 10.5 Å². The van der Waals surface area contributed by atoms with E-state index in [1.165, 1.54) is 24.4 Å². The van der Waals surface area contributed by atoms with Crippen LogP contribution in [0.3, 0.4) is 0 Å². The van der Waals surface area contributed by atoms with Crippen LogP contribution in [0.5, 0.6) is 11.8 Å². The maximum atomic E-state index is 13.1. The molecular weight excluding hydrogens is 303 g/mol. The number of nitrogens with zero attached hydrogens (tertiary/aromatic N) is 2. The molecule has 2 aromatic rings. The minimum absolute atomic E-state index is 0.000185. The second-order valence-electron chi connectivity index (χ2n) is 3.35. The number of nitrogens with two attached hydrogens (primary N) is 1. The highest BCUT2D eigenvalue weighted by Crippen LogP contribution is 2.23. The Morgan fingerprint density at radius 3 is 2.83 bits per heavy atom. The number of hydrogen-bond acceptors (Lipinski definition) is 4. The van der Waals surface area contributed by atoms with Gasteiger partial charge in [0.25, 0.3) is 0 Å². The van der Waals surface area contributed by atoms with Gasteiger partial charge in [-0.05, 0) is 18.2 Å². The molecule has 0 spiro atoms. The highest BCUT2D eigenvalue weighted by Gasteiger charge is 2.06. The summed E-state index contributed by atoms with van der Waals surface area (Å²) in [7, 11) is 0. The quantitative estimate of drug-likeness (QED) is 0.673. The average molecular weight is 311 g/mol. The van der Waals surface area contributed by atoms with Crippen LogP contribution in [0.15, 0.2) is 34.9 Å². The SMILES string of the molecule is N=C(N)c1ccnc(Oc2cc(F)cc(Br)c2)n1. The normalized spacial score (nSPS) is 10.1. The van der Waals surface area contributed by atoms with Crippen molar-refractivity contribution in [2.75, 3.05) is 0 Å². The Labute approximate surface area is 110 Å². The summed E-state index contributed by atoms with van der Waals surface area (Å²) < 4.78 is 19.0. The van der Waals surface area contributed by atoms with Crippen molar-refractivity contribution in [3.05, 3.63) is 46.4 Å². The van der Waals surface area contributed by atoms with Gasteiger partial charge in [-0.3, -0.25) is 5.41 Å². The third-order valence-corrected chi connectivity index (χ3v) is 2.41. The molecule has 0 unspecified atom stereocenters. The predicted molar refractivity (Wildman–Crippen MR) is 67.2 cm³/mol. The molecule has 3 N–H and O–H groups in total. The molecule has 2 rings (SSSR count). The zero-order valence-electron chi connectivity index (χ0n) is 9.02. The van der Waals surface area contributed by atoms with Crippen LogP contribution in [0.4, 0.5) is 4.39 Å². The van der Waals surface area contributed by atoms with Gasteiger partial charge in [0.1, 0.15) is 23.1 Å². The van der Waals surface area contributed by atoms with E-state index in [0.29, 0.717) is 4.47 Å². The van der Waals surface area contributed by atoms with Gasteiger partial charge in [-0.15, -0.1) is 0 Å². The van der Waals surface area contributed by atoms with E-state index in [-0.39, 0.29) is 23.3 Å². The first kappa shape index (κ1) is 12.4. The Balaban J connectivity index is 2.28. The minimum atomic E-state index is -0.443. The predicted octanol–water partition coefficient (Wildman–Crippen LogP) is 2.45. The Bertz CT molecular complexity index is 585. The molecule has 0 saturated carbocycles. The fraction of sp³-hybridized carbons (Fsp3) is 0. The number of ether oxygens (including phenoxy) is 1. The Kier molecular flexibility index (Phi) is 3.52. The van der Waals surface area contributed by atoms with Gasteiger partial charge in [-0.2, -0.15) is 4.98 Å². The first-order valence-electron chi connectivity index (χ1n) is 4.86. The summed E-state index contributed by atoms with van der Waals surface area (Å²) in [5.74, 6) is -0.382. The third kappa shape index (κ3) is 3.01. The van der Waals surface area contributed by atoms with Crippen LogP contribution in [-0.2, 0) is 0 Å². The number of aromatic nitrogens is 2. The molecule has 1 aromatic heterocycles. The monoisotopic (exact) mass is 310 g/mol. The molecule has 0 radical (unpaired) electrons. The van der Waals surface area contributed by atoms with Crippen molar-refractivity contribution >= 4 is 21.8 Å². The Morgan fingerprint density at radius 2 is 2.17 bits per heavy atom. The fourth-order valence-corrected chi connectivity index (χ4v) is 1.68. The van der Waals surface area contributed by atoms with E-state index in [1.54, 1.807) is 6.07 Å². The second-order valence-corrected chi connectivity index (χ2v) is 4.26. The molecule has 18 heavy (non-hydrogen) atoms. The van der Waals surface area contributed by atoms with E-state index >= 15 is 0 Å². The molecule has 1 heterocycles. The first-order valence-corrected chi connectivity index (χ1v) is 5.65. The summed E-state index contributed by atoms with van der Waals surface area (Å²) in [6.45, 7) is 0. The highest BCUT2D eigenvalue weighted by atomic mass is 79.9. The number of amidine groups is 1. The lowest BCUT2D eigenvalue weighted by Gasteiger charge is -2.05. The maximum absolute atomic E-state index is 13.1. The minimum Gasteiger partial charge on any atom is -0.424 e. The van der Waals surface area contributed by atoms with Crippen LogP contribution < -0.4 is 10.5 Å². The number of nitrogens with one attached hydrogen (secondary N) is 1. The van der Waals surface area contributed by atoms with Crippen LogP contribution in [0.1, 0.15) is 5.69 Å². The molecular formula is C11H8BrFN4O. The molecule has 0 fully saturated rings. The molecule has 92 valence electrons. The van der Waals surface area contributed by atoms with Crippen molar-refractivity contribution in [2.24, 2.45) is 5.73 Å². The topological polar surface area (TPSA) is 84.9 Å². The van der Waals surface area contributed by atoms with E-state index in [0.717, 1.165) is 0 Å². The van der Waals surface area contributed by atoms with Gasteiger partial charge in [-0.25, -0.2) is 9.37 Å². The standard InChI is InChI=1S/C11H8BrFN4O/c12-6-3-7(13)5-8(4-6)18-11-16-2-1-9(17-11)10(14)15/h1-5H,(H3,14,15). The number of hydrogen-bond donors (Lipinski definition) is 2. The molecule has 0 aliphatic carbocycles. The summed E-state index contributed by atoms with van der Waals surface area (Å²) in [6.07, 6.45) is 1.41. The molecule has 0 amide bonds. The van der Waals surface area contributed by atoms with Crippen LogP contribution >= 0.6 is 15.9 Å². The van der Waals surface area contributed by atoms with E-state index in [2.05, 4.69) is 25.9 Å². The number of benzene rings is 1. The van der Waals surface area contributed by atoms with Gasteiger partial charge in [0.15, 0.2) is 0 Å². The van der Waals surface area contributed by atoms with E-state index in [4.69, 9.17) is 15.9 Å².